The second-order valence-electron chi connectivity index (χ2n) is 7.56. The molecule has 3 heterocycles. The van der Waals surface area contributed by atoms with E-state index in [1.165, 1.54) is 11.3 Å². The Morgan fingerprint density at radius 1 is 1.06 bits per heavy atom. The first-order valence-electron chi connectivity index (χ1n) is 10.0. The summed E-state index contributed by atoms with van der Waals surface area (Å²) >= 11 is 1.45. The Labute approximate surface area is 184 Å². The van der Waals surface area contributed by atoms with Crippen molar-refractivity contribution >= 4 is 38.0 Å². The average molecular weight is 453 g/mol. The molecule has 6 nitrogen and oxygen atoms in total. The molecular formula is C23H20N2O4S2. The fourth-order valence-electron chi connectivity index (χ4n) is 4.00. The molecule has 0 spiro atoms. The highest BCUT2D eigenvalue weighted by atomic mass is 32.2. The average Bonchev–Trinajstić information content (AvgIpc) is 3.42. The van der Waals surface area contributed by atoms with Gasteiger partial charge in [0.05, 0.1) is 16.4 Å². The number of benzene rings is 2. The molecule has 8 heteroatoms. The highest BCUT2D eigenvalue weighted by Crippen LogP contribution is 2.33. The van der Waals surface area contributed by atoms with E-state index in [0.717, 1.165) is 15.8 Å². The van der Waals surface area contributed by atoms with Crippen molar-refractivity contribution in [3.63, 3.8) is 0 Å². The Hall–Kier alpha value is -2.97. The molecule has 0 bridgehead atoms. The maximum absolute atomic E-state index is 13.3. The van der Waals surface area contributed by atoms with Gasteiger partial charge in [0.1, 0.15) is 5.52 Å². The van der Waals surface area contributed by atoms with Crippen molar-refractivity contribution < 1.29 is 17.7 Å². The van der Waals surface area contributed by atoms with Gasteiger partial charge in [0.15, 0.2) is 15.6 Å². The molecule has 158 valence electrons. The SMILES string of the molecule is O=C(c1ccc2noc(-c3ccccc3)c2c1)N1CCC(c2cccs2)S(=O)(=O)CC1. The van der Waals surface area contributed by atoms with Crippen molar-refractivity contribution in [2.75, 3.05) is 18.8 Å². The van der Waals surface area contributed by atoms with Crippen LogP contribution in [-0.4, -0.2) is 43.2 Å². The monoisotopic (exact) mass is 452 g/mol. The van der Waals surface area contributed by atoms with E-state index in [1.54, 1.807) is 23.1 Å². The van der Waals surface area contributed by atoms with Crippen LogP contribution in [0, 0.1) is 0 Å². The number of nitrogens with zero attached hydrogens (tertiary/aromatic N) is 2. The lowest BCUT2D eigenvalue weighted by Crippen LogP contribution is -2.33. The fraction of sp³-hybridized carbons (Fsp3) is 0.217. The lowest BCUT2D eigenvalue weighted by molar-refractivity contribution is 0.0767. The molecule has 1 aliphatic rings. The molecule has 0 saturated carbocycles. The lowest BCUT2D eigenvalue weighted by Gasteiger charge is -2.20. The summed E-state index contributed by atoms with van der Waals surface area (Å²) in [5.41, 5.74) is 2.06. The molecular weight excluding hydrogens is 432 g/mol. The first-order valence-corrected chi connectivity index (χ1v) is 12.6. The molecule has 31 heavy (non-hydrogen) atoms. The summed E-state index contributed by atoms with van der Waals surface area (Å²) < 4.78 is 31.1. The third-order valence-corrected chi connectivity index (χ3v) is 8.89. The number of aromatic nitrogens is 1. The number of carbonyl (C=O) groups excluding carboxylic acids is 1. The van der Waals surface area contributed by atoms with Crippen molar-refractivity contribution in [2.24, 2.45) is 0 Å². The summed E-state index contributed by atoms with van der Waals surface area (Å²) in [7, 11) is -3.31. The molecule has 2 aromatic carbocycles. The van der Waals surface area contributed by atoms with Crippen molar-refractivity contribution in [3.05, 3.63) is 76.5 Å². The van der Waals surface area contributed by atoms with Crippen molar-refractivity contribution in [3.8, 4) is 11.3 Å². The zero-order chi connectivity index (χ0) is 21.4. The largest absolute Gasteiger partial charge is 0.355 e. The first kappa shape index (κ1) is 20.0. The van der Waals surface area contributed by atoms with E-state index in [4.69, 9.17) is 4.52 Å². The topological polar surface area (TPSA) is 80.5 Å². The van der Waals surface area contributed by atoms with Gasteiger partial charge >= 0.3 is 0 Å². The molecule has 1 atom stereocenters. The number of amides is 1. The Bertz CT molecular complexity index is 1330. The molecule has 5 rings (SSSR count). The molecule has 0 N–H and O–H groups in total. The van der Waals surface area contributed by atoms with Crippen LogP contribution in [0.3, 0.4) is 0 Å². The fourth-order valence-corrected chi connectivity index (χ4v) is 7.00. The third-order valence-electron chi connectivity index (χ3n) is 5.65. The van der Waals surface area contributed by atoms with E-state index in [0.29, 0.717) is 29.8 Å². The van der Waals surface area contributed by atoms with Crippen LogP contribution in [0.25, 0.3) is 22.2 Å². The van der Waals surface area contributed by atoms with E-state index in [-0.39, 0.29) is 18.2 Å². The summed E-state index contributed by atoms with van der Waals surface area (Å²) in [6.45, 7) is 0.587. The van der Waals surface area contributed by atoms with Crippen LogP contribution in [-0.2, 0) is 9.84 Å². The maximum atomic E-state index is 13.3. The van der Waals surface area contributed by atoms with Crippen LogP contribution >= 0.6 is 11.3 Å². The van der Waals surface area contributed by atoms with Gasteiger partial charge in [0.25, 0.3) is 5.91 Å². The van der Waals surface area contributed by atoms with Gasteiger partial charge in [-0.05, 0) is 36.1 Å². The molecule has 0 radical (unpaired) electrons. The summed E-state index contributed by atoms with van der Waals surface area (Å²) in [6, 6.07) is 18.6. The van der Waals surface area contributed by atoms with Crippen LogP contribution in [0.4, 0.5) is 0 Å². The number of hydrogen-bond donors (Lipinski definition) is 0. The smallest absolute Gasteiger partial charge is 0.253 e. The number of hydrogen-bond acceptors (Lipinski definition) is 6. The highest BCUT2D eigenvalue weighted by Gasteiger charge is 2.33. The first-order chi connectivity index (χ1) is 15.0. The molecule has 2 aromatic heterocycles. The van der Waals surface area contributed by atoms with Crippen molar-refractivity contribution in [1.29, 1.82) is 0 Å². The lowest BCUT2D eigenvalue weighted by atomic mass is 10.1. The van der Waals surface area contributed by atoms with Gasteiger partial charge in [-0.25, -0.2) is 8.42 Å². The number of carbonyl (C=O) groups is 1. The minimum Gasteiger partial charge on any atom is -0.355 e. The second-order valence-corrected chi connectivity index (χ2v) is 10.8. The van der Waals surface area contributed by atoms with E-state index in [2.05, 4.69) is 5.16 Å². The van der Waals surface area contributed by atoms with Gasteiger partial charge in [-0.2, -0.15) is 0 Å². The summed E-state index contributed by atoms with van der Waals surface area (Å²) in [5.74, 6) is 0.400. The molecule has 1 saturated heterocycles. The quantitative estimate of drug-likeness (QED) is 0.455. The van der Waals surface area contributed by atoms with Gasteiger partial charge < -0.3 is 9.42 Å². The molecule has 1 unspecified atom stereocenters. The molecule has 0 aliphatic carbocycles. The van der Waals surface area contributed by atoms with E-state index >= 15 is 0 Å². The Kier molecular flexibility index (Phi) is 5.11. The number of rotatable bonds is 3. The standard InChI is InChI=1S/C23H20N2O4S2/c26-23(25-11-10-21(20-7-4-13-30-20)31(27,28)14-12-25)17-8-9-19-18(15-17)22(29-24-19)16-5-2-1-3-6-16/h1-9,13,15,21H,10-12,14H2. The van der Waals surface area contributed by atoms with Gasteiger partial charge in [-0.15, -0.1) is 11.3 Å². The highest BCUT2D eigenvalue weighted by molar-refractivity contribution is 7.91. The minimum absolute atomic E-state index is 0.0356. The van der Waals surface area contributed by atoms with Crippen molar-refractivity contribution in [2.45, 2.75) is 11.7 Å². The normalized spacial score (nSPS) is 18.7. The van der Waals surface area contributed by atoms with Gasteiger partial charge in [-0.1, -0.05) is 41.6 Å². The molecule has 1 fully saturated rings. The van der Waals surface area contributed by atoms with Crippen LogP contribution in [0.2, 0.25) is 0 Å². The van der Waals surface area contributed by atoms with E-state index in [1.807, 2.05) is 47.8 Å². The van der Waals surface area contributed by atoms with Crippen LogP contribution in [0.5, 0.6) is 0 Å². The summed E-state index contributed by atoms with van der Waals surface area (Å²) in [6.07, 6.45) is 0.402. The predicted molar refractivity (Wildman–Crippen MR) is 121 cm³/mol. The maximum Gasteiger partial charge on any atom is 0.253 e. The second kappa shape index (κ2) is 7.94. The van der Waals surface area contributed by atoms with Gasteiger partial charge in [0, 0.05) is 29.1 Å². The third kappa shape index (κ3) is 3.77. The van der Waals surface area contributed by atoms with Crippen LogP contribution in [0.15, 0.2) is 70.6 Å². The van der Waals surface area contributed by atoms with Gasteiger partial charge in [-0.3, -0.25) is 4.79 Å². The van der Waals surface area contributed by atoms with Crippen LogP contribution < -0.4 is 0 Å². The van der Waals surface area contributed by atoms with E-state index in [9.17, 15) is 13.2 Å². The number of sulfone groups is 1. The summed E-state index contributed by atoms with van der Waals surface area (Å²) in [5, 5.41) is 6.20. The number of fused-ring (bicyclic) bond motifs is 1. The van der Waals surface area contributed by atoms with E-state index < -0.39 is 15.1 Å². The summed E-state index contributed by atoms with van der Waals surface area (Å²) in [4.78, 5) is 15.7. The van der Waals surface area contributed by atoms with Crippen LogP contribution in [0.1, 0.15) is 26.9 Å². The Balaban J connectivity index is 1.44. The zero-order valence-electron chi connectivity index (χ0n) is 16.6. The zero-order valence-corrected chi connectivity index (χ0v) is 18.2. The molecule has 1 amide bonds. The Morgan fingerprint density at radius 2 is 1.90 bits per heavy atom. The molecule has 1 aliphatic heterocycles. The predicted octanol–water partition coefficient (Wildman–Crippen LogP) is 4.56. The molecule has 4 aromatic rings. The minimum atomic E-state index is -3.31. The van der Waals surface area contributed by atoms with Crippen molar-refractivity contribution in [1.82, 2.24) is 10.1 Å². The van der Waals surface area contributed by atoms with Gasteiger partial charge in [0.2, 0.25) is 0 Å². The Morgan fingerprint density at radius 3 is 2.68 bits per heavy atom. The number of thiophene rings is 1.